The number of benzene rings is 1. The van der Waals surface area contributed by atoms with Crippen molar-refractivity contribution in [3.8, 4) is 11.4 Å². The summed E-state index contributed by atoms with van der Waals surface area (Å²) in [4.78, 5) is 28.2. The van der Waals surface area contributed by atoms with Crippen LogP contribution in [0.3, 0.4) is 0 Å². The van der Waals surface area contributed by atoms with Gasteiger partial charge in [0.2, 0.25) is 5.91 Å². The predicted octanol–water partition coefficient (Wildman–Crippen LogP) is 3.22. The van der Waals surface area contributed by atoms with Crippen molar-refractivity contribution in [2.75, 3.05) is 11.1 Å². The van der Waals surface area contributed by atoms with Gasteiger partial charge in [0.05, 0.1) is 12.2 Å². The highest BCUT2D eigenvalue weighted by atomic mass is 32.2. The predicted molar refractivity (Wildman–Crippen MR) is 107 cm³/mol. The fourth-order valence-corrected chi connectivity index (χ4v) is 4.01. The van der Waals surface area contributed by atoms with Crippen LogP contribution in [0.1, 0.15) is 29.3 Å². The Kier molecular flexibility index (Phi) is 5.21. The summed E-state index contributed by atoms with van der Waals surface area (Å²) in [5.41, 5.74) is 3.22. The minimum absolute atomic E-state index is 0.00339. The number of nitrogens with zero attached hydrogens (tertiary/aromatic N) is 4. The van der Waals surface area contributed by atoms with Crippen LogP contribution in [0.5, 0.6) is 0 Å². The largest absolute Gasteiger partial charge is 0.326 e. The summed E-state index contributed by atoms with van der Waals surface area (Å²) in [7, 11) is 0. The molecule has 0 spiro atoms. The molecule has 4 rings (SSSR count). The van der Waals surface area contributed by atoms with E-state index in [1.165, 1.54) is 11.8 Å². The molecule has 0 radical (unpaired) electrons. The molecule has 7 nitrogen and oxygen atoms in total. The van der Waals surface area contributed by atoms with Crippen LogP contribution in [0.25, 0.3) is 11.4 Å². The number of aromatic nitrogens is 4. The molecule has 0 unspecified atom stereocenters. The molecule has 1 aliphatic rings. The molecule has 1 aromatic carbocycles. The number of carbonyl (C=O) groups is 2. The van der Waals surface area contributed by atoms with Crippen LogP contribution in [-0.2, 0) is 17.8 Å². The van der Waals surface area contributed by atoms with Crippen molar-refractivity contribution in [3.05, 3.63) is 53.9 Å². The number of nitrogens with one attached hydrogen (secondary N) is 1. The summed E-state index contributed by atoms with van der Waals surface area (Å²) >= 11 is 1.38. The summed E-state index contributed by atoms with van der Waals surface area (Å²) in [6.45, 7) is 2.86. The monoisotopic (exact) mass is 393 g/mol. The second-order valence-corrected chi connectivity index (χ2v) is 7.44. The molecule has 0 saturated carbocycles. The first-order valence-corrected chi connectivity index (χ1v) is 10.1. The van der Waals surface area contributed by atoms with Gasteiger partial charge in [-0.05, 0) is 42.3 Å². The summed E-state index contributed by atoms with van der Waals surface area (Å²) < 4.78 is 2.04. The lowest BCUT2D eigenvalue weighted by Gasteiger charge is -2.09. The molecule has 1 N–H and O–H groups in total. The molecular weight excluding hydrogens is 374 g/mol. The number of anilines is 1. The molecule has 8 heteroatoms. The highest BCUT2D eigenvalue weighted by Crippen LogP contribution is 2.27. The lowest BCUT2D eigenvalue weighted by atomic mass is 10.1. The van der Waals surface area contributed by atoms with Gasteiger partial charge in [-0.1, -0.05) is 18.7 Å². The standard InChI is InChI=1S/C20H19N5O2S/c1-2-9-25-19(13-5-7-21-8-6-13)23-24-20(25)28-12-17(26)14-3-4-16-15(10-14)11-18(27)22-16/h3-8,10H,2,9,11-12H2,1H3,(H,22,27). The van der Waals surface area contributed by atoms with Crippen molar-refractivity contribution >= 4 is 29.1 Å². The van der Waals surface area contributed by atoms with E-state index >= 15 is 0 Å². The minimum Gasteiger partial charge on any atom is -0.326 e. The second kappa shape index (κ2) is 7.93. The lowest BCUT2D eigenvalue weighted by molar-refractivity contribution is -0.115. The van der Waals surface area contributed by atoms with Crippen molar-refractivity contribution in [1.82, 2.24) is 19.7 Å². The third kappa shape index (κ3) is 3.68. The Balaban J connectivity index is 1.51. The van der Waals surface area contributed by atoms with Gasteiger partial charge in [-0.25, -0.2) is 0 Å². The van der Waals surface area contributed by atoms with Gasteiger partial charge in [0.15, 0.2) is 16.8 Å². The van der Waals surface area contributed by atoms with Crippen LogP contribution < -0.4 is 5.32 Å². The van der Waals surface area contributed by atoms with Gasteiger partial charge >= 0.3 is 0 Å². The number of carbonyl (C=O) groups excluding carboxylic acids is 2. The van der Waals surface area contributed by atoms with E-state index in [0.29, 0.717) is 12.0 Å². The molecule has 28 heavy (non-hydrogen) atoms. The molecule has 0 aliphatic carbocycles. The van der Waals surface area contributed by atoms with Crippen molar-refractivity contribution in [1.29, 1.82) is 0 Å². The van der Waals surface area contributed by atoms with Crippen LogP contribution in [0.2, 0.25) is 0 Å². The van der Waals surface area contributed by atoms with E-state index in [9.17, 15) is 9.59 Å². The average molecular weight is 393 g/mol. The Morgan fingerprint density at radius 1 is 1.21 bits per heavy atom. The van der Waals surface area contributed by atoms with Crippen LogP contribution in [0.4, 0.5) is 5.69 Å². The zero-order valence-electron chi connectivity index (χ0n) is 15.4. The van der Waals surface area contributed by atoms with Gasteiger partial charge in [-0.2, -0.15) is 0 Å². The van der Waals surface area contributed by atoms with Crippen LogP contribution in [0, 0.1) is 0 Å². The summed E-state index contributed by atoms with van der Waals surface area (Å²) in [6.07, 6.45) is 4.71. The molecule has 0 atom stereocenters. The summed E-state index contributed by atoms with van der Waals surface area (Å²) in [5, 5.41) is 12.1. The zero-order chi connectivity index (χ0) is 19.5. The first-order valence-electron chi connectivity index (χ1n) is 9.08. The van der Waals surface area contributed by atoms with Crippen molar-refractivity contribution in [2.45, 2.75) is 31.5 Å². The molecule has 0 saturated heterocycles. The summed E-state index contributed by atoms with van der Waals surface area (Å²) in [6, 6.07) is 9.15. The summed E-state index contributed by atoms with van der Waals surface area (Å²) in [5.74, 6) is 1.01. The Labute approximate surface area is 166 Å². The smallest absolute Gasteiger partial charge is 0.228 e. The SMILES string of the molecule is CCCn1c(SCC(=O)c2ccc3c(c2)CC(=O)N3)nnc1-c1ccncc1. The number of hydrogen-bond acceptors (Lipinski definition) is 6. The van der Waals surface area contributed by atoms with Crippen LogP contribution in [-0.4, -0.2) is 37.2 Å². The Hall–Kier alpha value is -3.00. The topological polar surface area (TPSA) is 89.8 Å². The van der Waals surface area contributed by atoms with E-state index < -0.39 is 0 Å². The number of rotatable bonds is 7. The highest BCUT2D eigenvalue weighted by Gasteiger charge is 2.20. The minimum atomic E-state index is -0.0368. The van der Waals surface area contributed by atoms with E-state index in [-0.39, 0.29) is 17.4 Å². The van der Waals surface area contributed by atoms with Crippen molar-refractivity contribution < 1.29 is 9.59 Å². The molecule has 1 aliphatic heterocycles. The number of pyridine rings is 1. The first kappa shape index (κ1) is 18.4. The third-order valence-electron chi connectivity index (χ3n) is 4.49. The second-order valence-electron chi connectivity index (χ2n) is 6.50. The van der Waals surface area contributed by atoms with E-state index in [2.05, 4.69) is 27.4 Å². The van der Waals surface area contributed by atoms with Gasteiger partial charge < -0.3 is 9.88 Å². The third-order valence-corrected chi connectivity index (χ3v) is 5.45. The van der Waals surface area contributed by atoms with E-state index in [1.54, 1.807) is 30.6 Å². The number of thioether (sulfide) groups is 1. The van der Waals surface area contributed by atoms with E-state index in [4.69, 9.17) is 0 Å². The number of amides is 1. The molecule has 1 amide bonds. The number of hydrogen-bond donors (Lipinski definition) is 1. The maximum Gasteiger partial charge on any atom is 0.228 e. The molecule has 0 fully saturated rings. The average Bonchev–Trinajstić information content (AvgIpc) is 3.28. The zero-order valence-corrected chi connectivity index (χ0v) is 16.2. The highest BCUT2D eigenvalue weighted by molar-refractivity contribution is 7.99. The lowest BCUT2D eigenvalue weighted by Crippen LogP contribution is -2.06. The van der Waals surface area contributed by atoms with Gasteiger partial charge in [0.25, 0.3) is 0 Å². The van der Waals surface area contributed by atoms with Crippen LogP contribution >= 0.6 is 11.8 Å². The Morgan fingerprint density at radius 3 is 2.82 bits per heavy atom. The quantitative estimate of drug-likeness (QED) is 0.490. The van der Waals surface area contributed by atoms with Crippen molar-refractivity contribution in [2.24, 2.45) is 0 Å². The molecule has 3 aromatic rings. The van der Waals surface area contributed by atoms with E-state index in [0.717, 1.165) is 40.8 Å². The Bertz CT molecular complexity index is 1030. The van der Waals surface area contributed by atoms with Crippen molar-refractivity contribution in [3.63, 3.8) is 0 Å². The normalized spacial score (nSPS) is 12.7. The molecule has 2 aromatic heterocycles. The molecule has 142 valence electrons. The van der Waals surface area contributed by atoms with Gasteiger partial charge in [-0.15, -0.1) is 10.2 Å². The van der Waals surface area contributed by atoms with Gasteiger partial charge in [0, 0.05) is 35.8 Å². The maximum absolute atomic E-state index is 12.7. The maximum atomic E-state index is 12.7. The number of ketones is 1. The van der Waals surface area contributed by atoms with Crippen LogP contribution in [0.15, 0.2) is 47.9 Å². The fourth-order valence-electron chi connectivity index (χ4n) is 3.15. The molecular formula is C20H19N5O2S. The molecule has 3 heterocycles. The first-order chi connectivity index (χ1) is 13.7. The number of Topliss-reactive ketones (excluding diaryl/α,β-unsaturated/α-hetero) is 1. The van der Waals surface area contributed by atoms with Gasteiger partial charge in [-0.3, -0.25) is 14.6 Å². The number of fused-ring (bicyclic) bond motifs is 1. The van der Waals surface area contributed by atoms with E-state index in [1.807, 2.05) is 16.7 Å². The molecule has 0 bridgehead atoms. The van der Waals surface area contributed by atoms with Gasteiger partial charge in [0.1, 0.15) is 0 Å². The Morgan fingerprint density at radius 2 is 2.04 bits per heavy atom. The fraction of sp³-hybridized carbons (Fsp3) is 0.250.